The van der Waals surface area contributed by atoms with Crippen LogP contribution in [-0.2, 0) is 27.9 Å². The molecule has 0 spiro atoms. The highest BCUT2D eigenvalue weighted by molar-refractivity contribution is 7.88. The first-order valence-corrected chi connectivity index (χ1v) is 11.1. The minimum absolute atomic E-state index is 0.100. The Morgan fingerprint density at radius 1 is 1.00 bits per heavy atom. The largest absolute Gasteiger partial charge is 0.491 e. The Balaban J connectivity index is 1.76. The van der Waals surface area contributed by atoms with E-state index in [1.54, 1.807) is 24.3 Å². The van der Waals surface area contributed by atoms with Gasteiger partial charge in [0, 0.05) is 20.1 Å². The van der Waals surface area contributed by atoms with E-state index in [1.807, 2.05) is 38.1 Å². The summed E-state index contributed by atoms with van der Waals surface area (Å²) in [6, 6.07) is 14.5. The van der Waals surface area contributed by atoms with E-state index >= 15 is 0 Å². The molecule has 0 saturated heterocycles. The maximum atomic E-state index is 12.0. The van der Waals surface area contributed by atoms with Crippen LogP contribution in [0.5, 0.6) is 11.5 Å². The molecule has 29 heavy (non-hydrogen) atoms. The third kappa shape index (κ3) is 8.13. The molecule has 2 aromatic carbocycles. The Morgan fingerprint density at radius 2 is 1.55 bits per heavy atom. The molecule has 0 aliphatic heterocycles. The number of sulfonamides is 1. The maximum Gasteiger partial charge on any atom is 0.258 e. The average molecular weight is 421 g/mol. The molecule has 1 amide bonds. The Morgan fingerprint density at radius 3 is 2.10 bits per heavy atom. The molecule has 8 heteroatoms. The van der Waals surface area contributed by atoms with Crippen LogP contribution in [0.1, 0.15) is 25.0 Å². The molecule has 2 aromatic rings. The van der Waals surface area contributed by atoms with Crippen LogP contribution in [0, 0.1) is 0 Å². The van der Waals surface area contributed by atoms with Crippen molar-refractivity contribution in [2.45, 2.75) is 33.0 Å². The second kappa shape index (κ2) is 10.3. The first kappa shape index (κ1) is 22.7. The lowest BCUT2D eigenvalue weighted by Crippen LogP contribution is -2.28. The predicted octanol–water partition coefficient (Wildman–Crippen LogP) is 2.56. The molecule has 0 fully saturated rings. The fourth-order valence-electron chi connectivity index (χ4n) is 2.42. The average Bonchev–Trinajstić information content (AvgIpc) is 2.65. The number of ether oxygens (including phenoxy) is 2. The number of rotatable bonds is 10. The molecule has 0 atom stereocenters. The van der Waals surface area contributed by atoms with E-state index in [0.717, 1.165) is 23.1 Å². The number of nitrogens with zero attached hydrogens (tertiary/aromatic N) is 1. The Labute approximate surface area is 172 Å². The molecular formula is C21H28N2O5S. The summed E-state index contributed by atoms with van der Waals surface area (Å²) >= 11 is 0. The van der Waals surface area contributed by atoms with Crippen molar-refractivity contribution in [3.05, 3.63) is 59.7 Å². The lowest BCUT2D eigenvalue weighted by atomic mass is 10.2. The Bertz CT molecular complexity index is 894. The monoisotopic (exact) mass is 420 g/mol. The van der Waals surface area contributed by atoms with Crippen molar-refractivity contribution >= 4 is 15.9 Å². The van der Waals surface area contributed by atoms with Gasteiger partial charge in [-0.15, -0.1) is 0 Å². The van der Waals surface area contributed by atoms with Crippen LogP contribution >= 0.6 is 0 Å². The summed E-state index contributed by atoms with van der Waals surface area (Å²) in [7, 11) is -1.70. The molecule has 0 bridgehead atoms. The van der Waals surface area contributed by atoms with Crippen LogP contribution in [-0.4, -0.2) is 44.6 Å². The summed E-state index contributed by atoms with van der Waals surface area (Å²) in [5.74, 6) is 1.11. The van der Waals surface area contributed by atoms with E-state index in [2.05, 4.69) is 5.32 Å². The number of carbonyl (C=O) groups is 1. The highest BCUT2D eigenvalue weighted by Crippen LogP contribution is 2.15. The van der Waals surface area contributed by atoms with Gasteiger partial charge < -0.3 is 14.8 Å². The number of carbonyl (C=O) groups excluding carboxylic acids is 1. The Kier molecular flexibility index (Phi) is 8.04. The van der Waals surface area contributed by atoms with Crippen molar-refractivity contribution in [3.63, 3.8) is 0 Å². The van der Waals surface area contributed by atoms with Crippen molar-refractivity contribution < 1.29 is 22.7 Å². The highest BCUT2D eigenvalue weighted by Gasteiger charge is 2.11. The first-order chi connectivity index (χ1) is 13.6. The lowest BCUT2D eigenvalue weighted by Gasteiger charge is -2.14. The fourth-order valence-corrected chi connectivity index (χ4v) is 2.81. The van der Waals surface area contributed by atoms with Crippen LogP contribution in [0.15, 0.2) is 48.5 Å². The summed E-state index contributed by atoms with van der Waals surface area (Å²) in [5, 5.41) is 2.81. The maximum absolute atomic E-state index is 12.0. The first-order valence-electron chi connectivity index (χ1n) is 9.29. The summed E-state index contributed by atoms with van der Waals surface area (Å²) in [5.41, 5.74) is 1.80. The van der Waals surface area contributed by atoms with Gasteiger partial charge in [0.2, 0.25) is 10.0 Å². The van der Waals surface area contributed by atoms with Crippen molar-refractivity contribution in [2.24, 2.45) is 0 Å². The van der Waals surface area contributed by atoms with Gasteiger partial charge >= 0.3 is 0 Å². The minimum atomic E-state index is -3.23. The van der Waals surface area contributed by atoms with Crippen molar-refractivity contribution in [1.29, 1.82) is 0 Å². The second-order valence-electron chi connectivity index (χ2n) is 7.04. The summed E-state index contributed by atoms with van der Waals surface area (Å²) < 4.78 is 35.2. The zero-order valence-electron chi connectivity index (χ0n) is 17.2. The van der Waals surface area contributed by atoms with Gasteiger partial charge in [-0.3, -0.25) is 4.79 Å². The van der Waals surface area contributed by atoms with Gasteiger partial charge in [0.05, 0.1) is 12.4 Å². The van der Waals surface area contributed by atoms with E-state index in [4.69, 9.17) is 9.47 Å². The zero-order chi connectivity index (χ0) is 21.4. The van der Waals surface area contributed by atoms with Gasteiger partial charge in [0.15, 0.2) is 6.61 Å². The summed E-state index contributed by atoms with van der Waals surface area (Å²) in [4.78, 5) is 12.0. The van der Waals surface area contributed by atoms with Gasteiger partial charge in [0.25, 0.3) is 5.91 Å². The number of benzene rings is 2. The van der Waals surface area contributed by atoms with Crippen molar-refractivity contribution in [3.8, 4) is 11.5 Å². The number of hydrogen-bond donors (Lipinski definition) is 1. The van der Waals surface area contributed by atoms with Gasteiger partial charge in [-0.1, -0.05) is 24.3 Å². The highest BCUT2D eigenvalue weighted by atomic mass is 32.2. The lowest BCUT2D eigenvalue weighted by molar-refractivity contribution is -0.123. The fraction of sp³-hybridized carbons (Fsp3) is 0.381. The van der Waals surface area contributed by atoms with E-state index in [1.165, 1.54) is 11.4 Å². The van der Waals surface area contributed by atoms with E-state index < -0.39 is 10.0 Å². The molecular weight excluding hydrogens is 392 g/mol. The normalized spacial score (nSPS) is 11.5. The Hall–Kier alpha value is -2.58. The van der Waals surface area contributed by atoms with E-state index in [-0.39, 0.29) is 25.2 Å². The zero-order valence-corrected chi connectivity index (χ0v) is 18.0. The van der Waals surface area contributed by atoms with Crippen molar-refractivity contribution in [2.75, 3.05) is 19.9 Å². The van der Waals surface area contributed by atoms with Gasteiger partial charge in [-0.25, -0.2) is 12.7 Å². The number of nitrogens with one attached hydrogen (secondary N) is 1. The van der Waals surface area contributed by atoms with Crippen molar-refractivity contribution in [1.82, 2.24) is 9.62 Å². The quantitative estimate of drug-likeness (QED) is 0.639. The smallest absolute Gasteiger partial charge is 0.258 e. The minimum Gasteiger partial charge on any atom is -0.491 e. The van der Waals surface area contributed by atoms with Crippen LogP contribution in [0.2, 0.25) is 0 Å². The topological polar surface area (TPSA) is 84.9 Å². The van der Waals surface area contributed by atoms with Crippen LogP contribution in [0.4, 0.5) is 0 Å². The SMILES string of the molecule is CC(C)Oc1ccc(CNC(=O)COc2ccc(CN(C)S(C)(=O)=O)cc2)cc1. The van der Waals surface area contributed by atoms with Crippen LogP contribution < -0.4 is 14.8 Å². The van der Waals surface area contributed by atoms with Gasteiger partial charge in [-0.2, -0.15) is 0 Å². The molecule has 0 heterocycles. The number of hydrogen-bond acceptors (Lipinski definition) is 5. The molecule has 0 unspecified atom stereocenters. The second-order valence-corrected chi connectivity index (χ2v) is 9.13. The summed E-state index contributed by atoms with van der Waals surface area (Å²) in [6.07, 6.45) is 1.28. The molecule has 2 rings (SSSR count). The predicted molar refractivity (Wildman–Crippen MR) is 112 cm³/mol. The third-order valence-electron chi connectivity index (χ3n) is 4.05. The van der Waals surface area contributed by atoms with E-state index in [9.17, 15) is 13.2 Å². The van der Waals surface area contributed by atoms with Gasteiger partial charge in [-0.05, 0) is 49.2 Å². The van der Waals surface area contributed by atoms with Gasteiger partial charge in [0.1, 0.15) is 11.5 Å². The molecule has 1 N–H and O–H groups in total. The molecule has 0 saturated carbocycles. The molecule has 158 valence electrons. The van der Waals surface area contributed by atoms with E-state index in [0.29, 0.717) is 12.3 Å². The third-order valence-corrected chi connectivity index (χ3v) is 5.31. The molecule has 7 nitrogen and oxygen atoms in total. The van der Waals surface area contributed by atoms with Crippen LogP contribution in [0.3, 0.4) is 0 Å². The van der Waals surface area contributed by atoms with Crippen LogP contribution in [0.25, 0.3) is 0 Å². The summed E-state index contributed by atoms with van der Waals surface area (Å²) in [6.45, 7) is 4.52. The molecule has 0 aliphatic rings. The number of amides is 1. The molecule has 0 radical (unpaired) electrons. The molecule has 0 aliphatic carbocycles. The standard InChI is InChI=1S/C21H28N2O5S/c1-16(2)28-20-11-5-17(6-12-20)13-22-21(24)15-27-19-9-7-18(8-10-19)14-23(3)29(4,25)26/h5-12,16H,13-15H2,1-4H3,(H,22,24). The molecule has 0 aromatic heterocycles.